The molecule has 0 radical (unpaired) electrons. The van der Waals surface area contributed by atoms with Crippen molar-refractivity contribution in [1.82, 2.24) is 5.32 Å². The predicted octanol–water partition coefficient (Wildman–Crippen LogP) is 4.31. The fourth-order valence-electron chi connectivity index (χ4n) is 1.87. The highest BCUT2D eigenvalue weighted by Crippen LogP contribution is 2.27. The summed E-state index contributed by atoms with van der Waals surface area (Å²) < 4.78 is 1.03. The van der Waals surface area contributed by atoms with Gasteiger partial charge in [-0.1, -0.05) is 57.8 Å². The van der Waals surface area contributed by atoms with Gasteiger partial charge >= 0.3 is 0 Å². The number of hydrogen-bond donors (Lipinski definition) is 1. The van der Waals surface area contributed by atoms with Crippen molar-refractivity contribution in [2.75, 3.05) is 11.9 Å². The van der Waals surface area contributed by atoms with E-state index in [1.165, 1.54) is 0 Å². The molecule has 0 saturated carbocycles. The van der Waals surface area contributed by atoms with E-state index in [4.69, 9.17) is 0 Å². The molecule has 0 fully saturated rings. The molecule has 0 aliphatic rings. The molecule has 106 valence electrons. The lowest BCUT2D eigenvalue weighted by atomic mass is 9.84. The Kier molecular flexibility index (Phi) is 7.08. The second kappa shape index (κ2) is 8.05. The van der Waals surface area contributed by atoms with Crippen molar-refractivity contribution in [3.8, 4) is 0 Å². The molecule has 1 amide bonds. The summed E-state index contributed by atoms with van der Waals surface area (Å²) in [6.07, 6.45) is 2.57. The first kappa shape index (κ1) is 16.7. The average molecular weight is 391 g/mol. The van der Waals surface area contributed by atoms with Gasteiger partial charge < -0.3 is 5.32 Å². The van der Waals surface area contributed by atoms with Gasteiger partial charge in [-0.2, -0.15) is 0 Å². The molecule has 1 aromatic carbocycles. The Balaban J connectivity index is 2.49. The summed E-state index contributed by atoms with van der Waals surface area (Å²) in [6, 6.07) is 7.87. The molecule has 1 N–H and O–H groups in total. The zero-order valence-corrected chi connectivity index (χ0v) is 14.7. The van der Waals surface area contributed by atoms with Crippen molar-refractivity contribution in [3.63, 3.8) is 0 Å². The van der Waals surface area contributed by atoms with Crippen LogP contribution >= 0.6 is 31.9 Å². The van der Waals surface area contributed by atoms with E-state index in [1.807, 2.05) is 24.3 Å². The first-order chi connectivity index (χ1) is 9.05. The van der Waals surface area contributed by atoms with Crippen molar-refractivity contribution in [2.24, 2.45) is 5.41 Å². The lowest BCUT2D eigenvalue weighted by molar-refractivity contribution is -0.120. The third-order valence-electron chi connectivity index (χ3n) is 3.72. The highest BCUT2D eigenvalue weighted by Gasteiger charge is 2.25. The van der Waals surface area contributed by atoms with Crippen LogP contribution in [0.2, 0.25) is 0 Å². The number of carbonyl (C=O) groups is 1. The molecular formula is C15H21Br2NO. The zero-order chi connectivity index (χ0) is 14.3. The molecule has 0 heterocycles. The molecule has 0 bridgehead atoms. The van der Waals surface area contributed by atoms with E-state index in [-0.39, 0.29) is 11.3 Å². The molecule has 0 aliphatic carbocycles. The maximum absolute atomic E-state index is 12.0. The Morgan fingerprint density at radius 1 is 1.21 bits per heavy atom. The van der Waals surface area contributed by atoms with Crippen molar-refractivity contribution < 1.29 is 4.79 Å². The van der Waals surface area contributed by atoms with Gasteiger partial charge in [-0.15, -0.1) is 0 Å². The van der Waals surface area contributed by atoms with Crippen LogP contribution in [0.25, 0.3) is 0 Å². The fraction of sp³-hybridized carbons (Fsp3) is 0.533. The second-order valence-corrected chi connectivity index (χ2v) is 6.40. The minimum absolute atomic E-state index is 0.0922. The van der Waals surface area contributed by atoms with Crippen molar-refractivity contribution in [2.45, 2.75) is 33.1 Å². The Labute approximate surface area is 132 Å². The van der Waals surface area contributed by atoms with E-state index in [0.717, 1.165) is 34.8 Å². The molecule has 0 aromatic heterocycles. The monoisotopic (exact) mass is 389 g/mol. The Hall–Kier alpha value is -0.350. The number of alkyl halides is 1. The Morgan fingerprint density at radius 3 is 2.26 bits per heavy atom. The first-order valence-electron chi connectivity index (χ1n) is 6.62. The van der Waals surface area contributed by atoms with Crippen LogP contribution in [-0.4, -0.2) is 17.8 Å². The molecular weight excluding hydrogens is 370 g/mol. The molecule has 1 aromatic rings. The quantitative estimate of drug-likeness (QED) is 0.690. The van der Waals surface area contributed by atoms with Gasteiger partial charge in [0.15, 0.2) is 0 Å². The van der Waals surface area contributed by atoms with Crippen LogP contribution in [0.1, 0.15) is 32.3 Å². The van der Waals surface area contributed by atoms with Crippen LogP contribution in [0, 0.1) is 5.41 Å². The van der Waals surface area contributed by atoms with Gasteiger partial charge in [0.2, 0.25) is 5.91 Å². The number of nitrogens with one attached hydrogen (secondary N) is 1. The summed E-state index contributed by atoms with van der Waals surface area (Å²) in [4.78, 5) is 12.0. The van der Waals surface area contributed by atoms with Crippen LogP contribution in [0.5, 0.6) is 0 Å². The number of rotatable bonds is 7. The highest BCUT2D eigenvalue weighted by molar-refractivity contribution is 9.10. The van der Waals surface area contributed by atoms with Crippen molar-refractivity contribution in [3.05, 3.63) is 34.3 Å². The summed E-state index contributed by atoms with van der Waals surface area (Å²) in [6.45, 7) is 5.08. The third-order valence-corrected chi connectivity index (χ3v) is 5.44. The molecule has 1 rings (SSSR count). The van der Waals surface area contributed by atoms with E-state index in [0.29, 0.717) is 6.42 Å². The van der Waals surface area contributed by atoms with E-state index < -0.39 is 0 Å². The summed E-state index contributed by atoms with van der Waals surface area (Å²) in [5.41, 5.74) is 1.22. The molecule has 2 nitrogen and oxygen atoms in total. The maximum atomic E-state index is 12.0. The van der Waals surface area contributed by atoms with Crippen LogP contribution in [0.15, 0.2) is 28.7 Å². The molecule has 4 heteroatoms. The number of hydrogen-bond acceptors (Lipinski definition) is 1. The average Bonchev–Trinajstić information content (AvgIpc) is 2.44. The van der Waals surface area contributed by atoms with Crippen LogP contribution in [0.3, 0.4) is 0 Å². The molecule has 0 aliphatic heterocycles. The molecule has 0 unspecified atom stereocenters. The van der Waals surface area contributed by atoms with Crippen molar-refractivity contribution in [1.29, 1.82) is 0 Å². The molecule has 0 saturated heterocycles. The maximum Gasteiger partial charge on any atom is 0.224 e. The first-order valence-corrected chi connectivity index (χ1v) is 8.54. The van der Waals surface area contributed by atoms with Gasteiger partial charge in [0.25, 0.3) is 0 Å². The lowest BCUT2D eigenvalue weighted by Crippen LogP contribution is -2.38. The standard InChI is InChI=1S/C15H21Br2NO/c1-3-15(4-2,10-16)11-18-14(19)9-12-5-7-13(17)8-6-12/h5-8H,3-4,9-11H2,1-2H3,(H,18,19). The number of amides is 1. The van der Waals surface area contributed by atoms with Gasteiger partial charge in [0.1, 0.15) is 0 Å². The number of carbonyl (C=O) groups excluding carboxylic acids is 1. The lowest BCUT2D eigenvalue weighted by Gasteiger charge is -2.29. The van der Waals surface area contributed by atoms with Gasteiger partial charge in [0, 0.05) is 16.3 Å². The number of benzene rings is 1. The van der Waals surface area contributed by atoms with Gasteiger partial charge in [-0.05, 0) is 36.0 Å². The van der Waals surface area contributed by atoms with Crippen LogP contribution in [0.4, 0.5) is 0 Å². The van der Waals surface area contributed by atoms with Crippen LogP contribution < -0.4 is 5.32 Å². The SMILES string of the molecule is CCC(CC)(CBr)CNC(=O)Cc1ccc(Br)cc1. The topological polar surface area (TPSA) is 29.1 Å². The van der Waals surface area contributed by atoms with Crippen LogP contribution in [-0.2, 0) is 11.2 Å². The van der Waals surface area contributed by atoms with E-state index in [1.54, 1.807) is 0 Å². The zero-order valence-electron chi connectivity index (χ0n) is 11.5. The minimum Gasteiger partial charge on any atom is -0.355 e. The van der Waals surface area contributed by atoms with Gasteiger partial charge in [-0.3, -0.25) is 4.79 Å². The molecule has 0 spiro atoms. The summed E-state index contributed by atoms with van der Waals surface area (Å²) in [5.74, 6) is 0.0922. The van der Waals surface area contributed by atoms with Gasteiger partial charge in [-0.25, -0.2) is 0 Å². The van der Waals surface area contributed by atoms with E-state index in [2.05, 4.69) is 51.0 Å². The predicted molar refractivity (Wildman–Crippen MR) is 87.7 cm³/mol. The number of halogens is 2. The minimum atomic E-state index is 0.0922. The molecule has 19 heavy (non-hydrogen) atoms. The van der Waals surface area contributed by atoms with Gasteiger partial charge in [0.05, 0.1) is 6.42 Å². The Bertz CT molecular complexity index is 391. The second-order valence-electron chi connectivity index (χ2n) is 4.92. The van der Waals surface area contributed by atoms with Crippen molar-refractivity contribution >= 4 is 37.8 Å². The highest BCUT2D eigenvalue weighted by atomic mass is 79.9. The fourth-order valence-corrected chi connectivity index (χ4v) is 3.13. The van der Waals surface area contributed by atoms with E-state index in [9.17, 15) is 4.79 Å². The molecule has 0 atom stereocenters. The largest absolute Gasteiger partial charge is 0.355 e. The summed E-state index contributed by atoms with van der Waals surface area (Å²) in [5, 5.41) is 3.98. The van der Waals surface area contributed by atoms with E-state index >= 15 is 0 Å². The third kappa shape index (κ3) is 5.27. The Morgan fingerprint density at radius 2 is 1.79 bits per heavy atom. The smallest absolute Gasteiger partial charge is 0.224 e. The summed E-state index contributed by atoms with van der Waals surface area (Å²) in [7, 11) is 0. The normalized spacial score (nSPS) is 11.4. The summed E-state index contributed by atoms with van der Waals surface area (Å²) >= 11 is 6.95.